The molecule has 1 unspecified atom stereocenters. The minimum atomic E-state index is -0.0436. The second kappa shape index (κ2) is 5.67. The molecule has 0 radical (unpaired) electrons. The fraction of sp³-hybridized carbons (Fsp3) is 0.438. The molecule has 1 atom stereocenters. The lowest BCUT2D eigenvalue weighted by atomic mass is 10.1. The lowest BCUT2D eigenvalue weighted by molar-refractivity contribution is -0.150. The minimum absolute atomic E-state index is 0.0436. The summed E-state index contributed by atoms with van der Waals surface area (Å²) in [5.41, 5.74) is 2.48. The molecule has 0 aromatic heterocycles. The van der Waals surface area contributed by atoms with Crippen molar-refractivity contribution in [3.63, 3.8) is 0 Å². The molecule has 1 heterocycles. The molecule has 20 heavy (non-hydrogen) atoms. The number of hydrogen-bond donors (Lipinski definition) is 0. The standard InChI is InChI=1S/C16H19NO3/c1-2-17-9-13(19-11-16(17)18)10-20-15-8-4-6-12-5-3-7-14(12)15/h3-6,8,13H,2,7,9-11H2,1H3. The number of likely N-dealkylation sites (N-methyl/N-ethyl adjacent to an activating group) is 1. The normalized spacial score (nSPS) is 21.1. The third-order valence-electron chi connectivity index (χ3n) is 3.81. The summed E-state index contributed by atoms with van der Waals surface area (Å²) in [6.45, 7) is 3.97. The molecule has 1 aliphatic carbocycles. The van der Waals surface area contributed by atoms with E-state index >= 15 is 0 Å². The van der Waals surface area contributed by atoms with Gasteiger partial charge in [0.05, 0.1) is 6.54 Å². The van der Waals surface area contributed by atoms with Crippen LogP contribution >= 0.6 is 0 Å². The van der Waals surface area contributed by atoms with Gasteiger partial charge in [-0.1, -0.05) is 24.3 Å². The van der Waals surface area contributed by atoms with Gasteiger partial charge in [0.25, 0.3) is 0 Å². The highest BCUT2D eigenvalue weighted by molar-refractivity contribution is 5.78. The second-order valence-electron chi connectivity index (χ2n) is 5.11. The summed E-state index contributed by atoms with van der Waals surface area (Å²) in [4.78, 5) is 13.4. The molecule has 1 fully saturated rings. The van der Waals surface area contributed by atoms with Gasteiger partial charge in [-0.3, -0.25) is 4.79 Å². The molecule has 1 saturated heterocycles. The molecule has 1 aliphatic heterocycles. The molecule has 106 valence electrons. The minimum Gasteiger partial charge on any atom is -0.490 e. The number of ether oxygens (including phenoxy) is 2. The van der Waals surface area contributed by atoms with Crippen LogP contribution in [-0.4, -0.2) is 43.2 Å². The Morgan fingerprint density at radius 2 is 2.35 bits per heavy atom. The molecular weight excluding hydrogens is 254 g/mol. The van der Waals surface area contributed by atoms with E-state index < -0.39 is 0 Å². The van der Waals surface area contributed by atoms with Crippen molar-refractivity contribution in [1.29, 1.82) is 0 Å². The van der Waals surface area contributed by atoms with Gasteiger partial charge < -0.3 is 14.4 Å². The van der Waals surface area contributed by atoms with Gasteiger partial charge in [0.2, 0.25) is 5.91 Å². The van der Waals surface area contributed by atoms with Crippen LogP contribution in [0.1, 0.15) is 18.1 Å². The van der Waals surface area contributed by atoms with E-state index in [2.05, 4.69) is 18.2 Å². The molecule has 4 nitrogen and oxygen atoms in total. The molecule has 1 aromatic rings. The van der Waals surface area contributed by atoms with Gasteiger partial charge >= 0.3 is 0 Å². The van der Waals surface area contributed by atoms with Gasteiger partial charge in [0, 0.05) is 12.1 Å². The quantitative estimate of drug-likeness (QED) is 0.841. The van der Waals surface area contributed by atoms with E-state index in [0.717, 1.165) is 18.7 Å². The molecule has 0 spiro atoms. The molecule has 0 N–H and O–H groups in total. The zero-order valence-corrected chi connectivity index (χ0v) is 11.7. The second-order valence-corrected chi connectivity index (χ2v) is 5.11. The molecule has 0 bridgehead atoms. The molecular formula is C16H19NO3. The van der Waals surface area contributed by atoms with E-state index in [1.165, 1.54) is 11.1 Å². The molecule has 1 amide bonds. The summed E-state index contributed by atoms with van der Waals surface area (Å²) in [6, 6.07) is 6.10. The van der Waals surface area contributed by atoms with Crippen LogP contribution in [-0.2, 0) is 16.0 Å². The summed E-state index contributed by atoms with van der Waals surface area (Å²) < 4.78 is 11.4. The average Bonchev–Trinajstić information content (AvgIpc) is 2.95. The first kappa shape index (κ1) is 13.2. The highest BCUT2D eigenvalue weighted by atomic mass is 16.5. The maximum Gasteiger partial charge on any atom is 0.248 e. The number of benzene rings is 1. The van der Waals surface area contributed by atoms with Crippen LogP contribution < -0.4 is 4.74 Å². The average molecular weight is 273 g/mol. The lowest BCUT2D eigenvalue weighted by Gasteiger charge is -2.31. The third kappa shape index (κ3) is 2.56. The summed E-state index contributed by atoms with van der Waals surface area (Å²) >= 11 is 0. The SMILES string of the molecule is CCN1CC(COc2cccc3c2CC=C3)OCC1=O. The van der Waals surface area contributed by atoms with Gasteiger partial charge in [0.1, 0.15) is 25.1 Å². The van der Waals surface area contributed by atoms with E-state index in [1.807, 2.05) is 24.0 Å². The summed E-state index contributed by atoms with van der Waals surface area (Å²) in [5, 5.41) is 0. The summed E-state index contributed by atoms with van der Waals surface area (Å²) in [7, 11) is 0. The van der Waals surface area contributed by atoms with Crippen LogP contribution in [0.15, 0.2) is 24.3 Å². The number of carbonyl (C=O) groups excluding carboxylic acids is 1. The van der Waals surface area contributed by atoms with Gasteiger partial charge in [-0.05, 0) is 25.0 Å². The Kier molecular flexibility index (Phi) is 3.74. The predicted molar refractivity (Wildman–Crippen MR) is 76.7 cm³/mol. The Hall–Kier alpha value is -1.81. The number of amides is 1. The molecule has 4 heteroatoms. The van der Waals surface area contributed by atoms with Crippen molar-refractivity contribution in [3.05, 3.63) is 35.4 Å². The maximum absolute atomic E-state index is 11.6. The highest BCUT2D eigenvalue weighted by Crippen LogP contribution is 2.29. The maximum atomic E-state index is 11.6. The van der Waals surface area contributed by atoms with Gasteiger partial charge in [-0.25, -0.2) is 0 Å². The molecule has 3 rings (SSSR count). The molecule has 0 saturated carbocycles. The monoisotopic (exact) mass is 273 g/mol. The molecule has 1 aromatic carbocycles. The Morgan fingerprint density at radius 3 is 3.20 bits per heavy atom. The van der Waals surface area contributed by atoms with Gasteiger partial charge in [-0.2, -0.15) is 0 Å². The first-order valence-electron chi connectivity index (χ1n) is 7.08. The Balaban J connectivity index is 1.61. The van der Waals surface area contributed by atoms with Crippen molar-refractivity contribution in [2.75, 3.05) is 26.3 Å². The van der Waals surface area contributed by atoms with Crippen LogP contribution in [0, 0.1) is 0 Å². The first-order valence-corrected chi connectivity index (χ1v) is 7.08. The van der Waals surface area contributed by atoms with Crippen LogP contribution in [0.3, 0.4) is 0 Å². The van der Waals surface area contributed by atoms with Crippen molar-refractivity contribution < 1.29 is 14.3 Å². The summed E-state index contributed by atoms with van der Waals surface area (Å²) in [6.07, 6.45) is 5.15. The number of allylic oxidation sites excluding steroid dienone is 1. The zero-order valence-electron chi connectivity index (χ0n) is 11.7. The molecule has 2 aliphatic rings. The lowest BCUT2D eigenvalue weighted by Crippen LogP contribution is -2.48. The zero-order chi connectivity index (χ0) is 13.9. The van der Waals surface area contributed by atoms with Gasteiger partial charge in [-0.15, -0.1) is 0 Å². The third-order valence-corrected chi connectivity index (χ3v) is 3.81. The van der Waals surface area contributed by atoms with E-state index in [-0.39, 0.29) is 18.6 Å². The number of morpholine rings is 1. The number of fused-ring (bicyclic) bond motifs is 1. The smallest absolute Gasteiger partial charge is 0.248 e. The van der Waals surface area contributed by atoms with Crippen LogP contribution in [0.5, 0.6) is 5.75 Å². The van der Waals surface area contributed by atoms with Crippen LogP contribution in [0.4, 0.5) is 0 Å². The van der Waals surface area contributed by atoms with Crippen LogP contribution in [0.2, 0.25) is 0 Å². The number of nitrogens with zero attached hydrogens (tertiary/aromatic N) is 1. The number of hydrogen-bond acceptors (Lipinski definition) is 3. The van der Waals surface area contributed by atoms with Crippen molar-refractivity contribution in [1.82, 2.24) is 4.90 Å². The topological polar surface area (TPSA) is 38.8 Å². The van der Waals surface area contributed by atoms with E-state index in [1.54, 1.807) is 0 Å². The number of carbonyl (C=O) groups is 1. The number of rotatable bonds is 4. The Morgan fingerprint density at radius 1 is 1.45 bits per heavy atom. The van der Waals surface area contributed by atoms with Crippen molar-refractivity contribution in [2.45, 2.75) is 19.4 Å². The fourth-order valence-electron chi connectivity index (χ4n) is 2.67. The first-order chi connectivity index (χ1) is 9.78. The Labute approximate surface area is 119 Å². The predicted octanol–water partition coefficient (Wildman–Crippen LogP) is 1.88. The van der Waals surface area contributed by atoms with E-state index in [9.17, 15) is 4.79 Å². The van der Waals surface area contributed by atoms with E-state index in [4.69, 9.17) is 9.47 Å². The van der Waals surface area contributed by atoms with Crippen molar-refractivity contribution >= 4 is 12.0 Å². The fourth-order valence-corrected chi connectivity index (χ4v) is 2.67. The summed E-state index contributed by atoms with van der Waals surface area (Å²) in [5.74, 6) is 0.990. The van der Waals surface area contributed by atoms with Crippen molar-refractivity contribution in [3.8, 4) is 5.75 Å². The Bertz CT molecular complexity index is 539. The van der Waals surface area contributed by atoms with Gasteiger partial charge in [0.15, 0.2) is 0 Å². The van der Waals surface area contributed by atoms with Crippen molar-refractivity contribution in [2.24, 2.45) is 0 Å². The highest BCUT2D eigenvalue weighted by Gasteiger charge is 2.25. The van der Waals surface area contributed by atoms with E-state index in [0.29, 0.717) is 13.2 Å². The largest absolute Gasteiger partial charge is 0.490 e. The van der Waals surface area contributed by atoms with Crippen LogP contribution in [0.25, 0.3) is 6.08 Å².